The minimum atomic E-state index is -0.104. The second kappa shape index (κ2) is 5.09. The summed E-state index contributed by atoms with van der Waals surface area (Å²) in [4.78, 5) is 0. The summed E-state index contributed by atoms with van der Waals surface area (Å²) in [5.74, 6) is 0. The van der Waals surface area contributed by atoms with Gasteiger partial charge in [0.25, 0.3) is 0 Å². The lowest BCUT2D eigenvalue weighted by molar-refractivity contribution is 0.625. The van der Waals surface area contributed by atoms with Gasteiger partial charge in [-0.05, 0) is 32.9 Å². The molecule has 0 fully saturated rings. The lowest BCUT2D eigenvalue weighted by atomic mass is 10.2. The van der Waals surface area contributed by atoms with Crippen molar-refractivity contribution >= 4 is 8.07 Å². The van der Waals surface area contributed by atoms with Crippen molar-refractivity contribution in [1.29, 1.82) is 0 Å². The van der Waals surface area contributed by atoms with E-state index in [1.54, 1.807) is 0 Å². The van der Waals surface area contributed by atoms with E-state index >= 15 is 0 Å². The van der Waals surface area contributed by atoms with E-state index in [1.165, 1.54) is 11.7 Å². The molecule has 1 rings (SSSR count). The number of hydrogen-bond donors (Lipinski definition) is 0. The zero-order valence-electron chi connectivity index (χ0n) is 10.5. The van der Waals surface area contributed by atoms with E-state index in [2.05, 4.69) is 69.9 Å². The first-order chi connectivity index (χ1) is 6.91. The zero-order valence-corrected chi connectivity index (χ0v) is 11.4. The number of rotatable bonds is 3. The molecular formula is C13H22NP. The third-order valence-corrected chi connectivity index (χ3v) is 5.61. The van der Waals surface area contributed by atoms with E-state index in [0.717, 1.165) is 0 Å². The largest absolute Gasteiger partial charge is 0.287 e. The molecule has 0 aliphatic carbocycles. The van der Waals surface area contributed by atoms with Crippen LogP contribution in [0.5, 0.6) is 0 Å². The van der Waals surface area contributed by atoms with Crippen LogP contribution in [0.4, 0.5) is 0 Å². The van der Waals surface area contributed by atoms with Gasteiger partial charge < -0.3 is 0 Å². The minimum absolute atomic E-state index is 0.104. The van der Waals surface area contributed by atoms with Gasteiger partial charge in [0.05, 0.1) is 0 Å². The van der Waals surface area contributed by atoms with Gasteiger partial charge in [0.15, 0.2) is 0 Å². The summed E-state index contributed by atoms with van der Waals surface area (Å²) >= 11 is 0. The Kier molecular flexibility index (Phi) is 4.31. The van der Waals surface area contributed by atoms with E-state index in [-0.39, 0.29) is 8.07 Å². The van der Waals surface area contributed by atoms with Crippen LogP contribution in [0.3, 0.4) is 0 Å². The van der Waals surface area contributed by atoms with Crippen molar-refractivity contribution in [3.8, 4) is 0 Å². The fourth-order valence-corrected chi connectivity index (χ4v) is 4.25. The molecule has 1 unspecified atom stereocenters. The summed E-state index contributed by atoms with van der Waals surface area (Å²) in [6.45, 7) is 7.00. The molecule has 0 aromatic heterocycles. The molecule has 1 nitrogen and oxygen atoms in total. The highest BCUT2D eigenvalue weighted by atomic mass is 31.1. The van der Waals surface area contributed by atoms with Gasteiger partial charge in [0.2, 0.25) is 0 Å². The van der Waals surface area contributed by atoms with Crippen LogP contribution < -0.4 is 0 Å². The predicted octanol–water partition coefficient (Wildman–Crippen LogP) is 3.94. The van der Waals surface area contributed by atoms with Crippen LogP contribution >= 0.6 is 8.07 Å². The molecule has 1 atom stereocenters. The summed E-state index contributed by atoms with van der Waals surface area (Å²) in [5, 5.41) is 0.384. The Bertz CT molecular complexity index is 287. The van der Waals surface area contributed by atoms with E-state index in [9.17, 15) is 0 Å². The van der Waals surface area contributed by atoms with Crippen LogP contribution in [-0.4, -0.2) is 23.9 Å². The van der Waals surface area contributed by atoms with Crippen LogP contribution in [0.15, 0.2) is 30.3 Å². The lowest BCUT2D eigenvalue weighted by Crippen LogP contribution is -2.22. The molecule has 0 aliphatic heterocycles. The number of hydrogen-bond acceptors (Lipinski definition) is 1. The maximum Gasteiger partial charge on any atom is 0.00645 e. The molecule has 2 heteroatoms. The lowest BCUT2D eigenvalue weighted by Gasteiger charge is -2.36. The van der Waals surface area contributed by atoms with Crippen LogP contribution in [0, 0.1) is 0 Å². The van der Waals surface area contributed by atoms with Gasteiger partial charge in [0.1, 0.15) is 0 Å². The van der Waals surface area contributed by atoms with Crippen molar-refractivity contribution in [2.75, 3.05) is 14.1 Å². The summed E-state index contributed by atoms with van der Waals surface area (Å²) < 4.78 is 2.39. The van der Waals surface area contributed by atoms with Crippen molar-refractivity contribution in [2.24, 2.45) is 0 Å². The molecule has 84 valence electrons. The Balaban J connectivity index is 2.77. The van der Waals surface area contributed by atoms with E-state index < -0.39 is 0 Å². The minimum Gasteiger partial charge on any atom is -0.287 e. The average molecular weight is 223 g/mol. The second-order valence-electron chi connectivity index (χ2n) is 5.06. The molecule has 0 bridgehead atoms. The van der Waals surface area contributed by atoms with Gasteiger partial charge >= 0.3 is 0 Å². The monoisotopic (exact) mass is 223 g/mol. The van der Waals surface area contributed by atoms with Gasteiger partial charge in [-0.2, -0.15) is 0 Å². The van der Waals surface area contributed by atoms with Crippen LogP contribution in [0.1, 0.15) is 26.3 Å². The Labute approximate surface area is 95.3 Å². The third-order valence-electron chi connectivity index (χ3n) is 2.43. The van der Waals surface area contributed by atoms with Gasteiger partial charge in [-0.25, -0.2) is 0 Å². The molecule has 0 spiro atoms. The quantitative estimate of drug-likeness (QED) is 0.701. The van der Waals surface area contributed by atoms with Crippen molar-refractivity contribution in [1.82, 2.24) is 4.67 Å². The first kappa shape index (κ1) is 12.7. The first-order valence-electron chi connectivity index (χ1n) is 5.40. The third kappa shape index (κ3) is 3.93. The van der Waals surface area contributed by atoms with Gasteiger partial charge in [0, 0.05) is 6.16 Å². The molecule has 0 saturated carbocycles. The van der Waals surface area contributed by atoms with Crippen LogP contribution in [-0.2, 0) is 6.16 Å². The van der Waals surface area contributed by atoms with Crippen molar-refractivity contribution in [3.63, 3.8) is 0 Å². The highest BCUT2D eigenvalue weighted by molar-refractivity contribution is 7.55. The second-order valence-corrected chi connectivity index (χ2v) is 8.32. The van der Waals surface area contributed by atoms with Crippen molar-refractivity contribution < 1.29 is 0 Å². The first-order valence-corrected chi connectivity index (χ1v) is 6.88. The number of benzene rings is 1. The molecule has 0 saturated heterocycles. The summed E-state index contributed by atoms with van der Waals surface area (Å²) in [6, 6.07) is 10.8. The molecule has 15 heavy (non-hydrogen) atoms. The summed E-state index contributed by atoms with van der Waals surface area (Å²) in [7, 11) is 4.29. The Morgan fingerprint density at radius 1 is 1.07 bits per heavy atom. The normalized spacial score (nSPS) is 14.3. The average Bonchev–Trinajstić information content (AvgIpc) is 2.13. The molecule has 0 heterocycles. The van der Waals surface area contributed by atoms with Gasteiger partial charge in [-0.15, -0.1) is 0 Å². The Morgan fingerprint density at radius 2 is 1.60 bits per heavy atom. The molecular weight excluding hydrogens is 201 g/mol. The van der Waals surface area contributed by atoms with Crippen molar-refractivity contribution in [3.05, 3.63) is 35.9 Å². The topological polar surface area (TPSA) is 3.24 Å². The highest BCUT2D eigenvalue weighted by Gasteiger charge is 2.26. The number of nitrogens with zero attached hydrogens (tertiary/aromatic N) is 1. The summed E-state index contributed by atoms with van der Waals surface area (Å²) in [5.41, 5.74) is 1.45. The van der Waals surface area contributed by atoms with Gasteiger partial charge in [-0.3, -0.25) is 4.67 Å². The van der Waals surface area contributed by atoms with E-state index in [1.807, 2.05) is 0 Å². The van der Waals surface area contributed by atoms with Gasteiger partial charge in [-0.1, -0.05) is 51.1 Å². The molecule has 0 N–H and O–H groups in total. The van der Waals surface area contributed by atoms with E-state index in [0.29, 0.717) is 5.16 Å². The smallest absolute Gasteiger partial charge is 0.00645 e. The summed E-state index contributed by atoms with van der Waals surface area (Å²) in [6.07, 6.45) is 1.19. The fraction of sp³-hybridized carbons (Fsp3) is 0.538. The fourth-order valence-electron chi connectivity index (χ4n) is 1.73. The molecule has 0 amide bonds. The van der Waals surface area contributed by atoms with E-state index in [4.69, 9.17) is 0 Å². The SMILES string of the molecule is CN(C)P(Cc1ccccc1)C(C)(C)C. The van der Waals surface area contributed by atoms with Crippen LogP contribution in [0.2, 0.25) is 0 Å². The molecule has 0 aliphatic rings. The maximum atomic E-state index is 2.39. The van der Waals surface area contributed by atoms with Crippen LogP contribution in [0.25, 0.3) is 0 Å². The standard InChI is InChI=1S/C13H22NP/c1-13(2,3)15(14(4)5)11-12-9-7-6-8-10-12/h6-10H,11H2,1-5H3. The van der Waals surface area contributed by atoms with Crippen molar-refractivity contribution in [2.45, 2.75) is 32.1 Å². The highest BCUT2D eigenvalue weighted by Crippen LogP contribution is 2.53. The predicted molar refractivity (Wildman–Crippen MR) is 70.5 cm³/mol. The zero-order chi connectivity index (χ0) is 11.5. The Hall–Kier alpha value is -0.390. The molecule has 0 radical (unpaired) electrons. The maximum absolute atomic E-state index is 2.39. The molecule has 1 aromatic rings. The molecule has 1 aromatic carbocycles. The Morgan fingerprint density at radius 3 is 2.00 bits per heavy atom.